The molecule has 4 rings (SSSR count). The van der Waals surface area contributed by atoms with Crippen molar-refractivity contribution in [1.82, 2.24) is 9.55 Å². The smallest absolute Gasteiger partial charge is 0.100 e. The van der Waals surface area contributed by atoms with Crippen LogP contribution < -0.4 is 0 Å². The molecule has 0 unspecified atom stereocenters. The third-order valence-corrected chi connectivity index (χ3v) is 3.80. The van der Waals surface area contributed by atoms with Crippen molar-refractivity contribution >= 4 is 11.0 Å². The minimum absolute atomic E-state index is 1.11. The summed E-state index contributed by atoms with van der Waals surface area (Å²) < 4.78 is 2.17. The van der Waals surface area contributed by atoms with Crippen molar-refractivity contribution < 1.29 is 0 Å². The molecule has 0 spiro atoms. The fourth-order valence-corrected chi connectivity index (χ4v) is 2.87. The number of hydrogen-bond donors (Lipinski definition) is 0. The molecule has 0 aliphatic heterocycles. The number of aromatic nitrogens is 2. The van der Waals surface area contributed by atoms with E-state index in [1.807, 2.05) is 12.4 Å². The lowest BCUT2D eigenvalue weighted by molar-refractivity contribution is 0.911. The third-order valence-electron chi connectivity index (χ3n) is 3.80. The van der Waals surface area contributed by atoms with Crippen LogP contribution in [-0.4, -0.2) is 9.55 Å². The fraction of sp³-hybridized carbons (Fsp3) is 0.188. The number of para-hydroxylation sites is 1. The number of aryl methyl sites for hydroxylation is 2. The van der Waals surface area contributed by atoms with Crippen molar-refractivity contribution in [2.24, 2.45) is 0 Å². The average molecular weight is 234 g/mol. The van der Waals surface area contributed by atoms with Gasteiger partial charge in [0.05, 0.1) is 11.0 Å². The van der Waals surface area contributed by atoms with E-state index in [1.54, 1.807) is 0 Å². The molecule has 3 aromatic rings. The highest BCUT2D eigenvalue weighted by Gasteiger charge is 2.14. The first-order valence-electron chi connectivity index (χ1n) is 6.46. The third kappa shape index (κ3) is 1.39. The van der Waals surface area contributed by atoms with Crippen molar-refractivity contribution in [3.8, 4) is 5.69 Å². The van der Waals surface area contributed by atoms with Gasteiger partial charge in [-0.25, -0.2) is 4.98 Å². The Hall–Kier alpha value is -2.09. The van der Waals surface area contributed by atoms with Crippen LogP contribution in [0.4, 0.5) is 0 Å². The van der Waals surface area contributed by atoms with Crippen molar-refractivity contribution in [2.75, 3.05) is 0 Å². The Labute approximate surface area is 106 Å². The Morgan fingerprint density at radius 2 is 1.72 bits per heavy atom. The Morgan fingerprint density at radius 3 is 2.56 bits per heavy atom. The normalized spacial score (nSPS) is 14.0. The predicted molar refractivity (Wildman–Crippen MR) is 73.1 cm³/mol. The summed E-state index contributed by atoms with van der Waals surface area (Å²) in [5.74, 6) is 0. The van der Waals surface area contributed by atoms with Crippen LogP contribution in [0.15, 0.2) is 48.8 Å². The van der Waals surface area contributed by atoms with E-state index in [1.165, 1.54) is 41.6 Å². The van der Waals surface area contributed by atoms with Gasteiger partial charge in [0.1, 0.15) is 6.33 Å². The topological polar surface area (TPSA) is 17.8 Å². The molecular weight excluding hydrogens is 220 g/mol. The van der Waals surface area contributed by atoms with Crippen LogP contribution >= 0.6 is 0 Å². The monoisotopic (exact) mass is 234 g/mol. The van der Waals surface area contributed by atoms with Crippen LogP contribution in [-0.2, 0) is 12.8 Å². The van der Waals surface area contributed by atoms with Gasteiger partial charge in [-0.05, 0) is 54.7 Å². The zero-order valence-corrected chi connectivity index (χ0v) is 10.1. The molecule has 88 valence electrons. The molecule has 2 aromatic carbocycles. The minimum atomic E-state index is 1.11. The highest BCUT2D eigenvalue weighted by molar-refractivity contribution is 5.79. The summed E-state index contributed by atoms with van der Waals surface area (Å²) in [7, 11) is 0. The summed E-state index contributed by atoms with van der Waals surface area (Å²) in [5.41, 5.74) is 6.50. The van der Waals surface area contributed by atoms with Crippen molar-refractivity contribution in [3.05, 3.63) is 59.9 Å². The first-order valence-corrected chi connectivity index (χ1v) is 6.46. The van der Waals surface area contributed by atoms with Gasteiger partial charge in [-0.3, -0.25) is 4.57 Å². The Kier molecular flexibility index (Phi) is 2.04. The fourth-order valence-electron chi connectivity index (χ4n) is 2.87. The second-order valence-corrected chi connectivity index (χ2v) is 4.91. The zero-order chi connectivity index (χ0) is 11.9. The molecule has 18 heavy (non-hydrogen) atoms. The lowest BCUT2D eigenvalue weighted by atomic mass is 10.1. The summed E-state index contributed by atoms with van der Waals surface area (Å²) >= 11 is 0. The van der Waals surface area contributed by atoms with E-state index in [0.717, 1.165) is 5.52 Å². The van der Waals surface area contributed by atoms with Crippen LogP contribution in [0.25, 0.3) is 16.7 Å². The summed E-state index contributed by atoms with van der Waals surface area (Å²) in [6, 6.07) is 15.0. The molecular formula is C16H14N2. The van der Waals surface area contributed by atoms with Crippen molar-refractivity contribution in [1.29, 1.82) is 0 Å². The van der Waals surface area contributed by atoms with E-state index < -0.39 is 0 Å². The highest BCUT2D eigenvalue weighted by Crippen LogP contribution is 2.28. The molecule has 2 nitrogen and oxygen atoms in total. The average Bonchev–Trinajstić information content (AvgIpc) is 3.02. The molecule has 1 aliphatic rings. The van der Waals surface area contributed by atoms with Crippen LogP contribution in [0.1, 0.15) is 17.5 Å². The maximum Gasteiger partial charge on any atom is 0.100 e. The molecule has 1 heterocycles. The van der Waals surface area contributed by atoms with Gasteiger partial charge in [0, 0.05) is 5.69 Å². The van der Waals surface area contributed by atoms with Gasteiger partial charge in [-0.2, -0.15) is 0 Å². The van der Waals surface area contributed by atoms with E-state index in [4.69, 9.17) is 0 Å². The number of nitrogens with zero attached hydrogens (tertiary/aromatic N) is 2. The number of hydrogen-bond acceptors (Lipinski definition) is 1. The maximum atomic E-state index is 4.54. The summed E-state index contributed by atoms with van der Waals surface area (Å²) in [4.78, 5) is 4.54. The lowest BCUT2D eigenvalue weighted by Crippen LogP contribution is -1.92. The molecule has 0 bridgehead atoms. The molecule has 0 fully saturated rings. The van der Waals surface area contributed by atoms with Crippen molar-refractivity contribution in [3.63, 3.8) is 0 Å². The number of rotatable bonds is 1. The van der Waals surface area contributed by atoms with Gasteiger partial charge in [-0.15, -0.1) is 0 Å². The zero-order valence-electron chi connectivity index (χ0n) is 10.1. The Balaban J connectivity index is 1.98. The van der Waals surface area contributed by atoms with Gasteiger partial charge in [-0.1, -0.05) is 18.2 Å². The first kappa shape index (κ1) is 9.89. The van der Waals surface area contributed by atoms with Gasteiger partial charge in [0.15, 0.2) is 0 Å². The highest BCUT2D eigenvalue weighted by atomic mass is 15.0. The standard InChI is InChI=1S/C16H14N2/c1-2-7-14(8-3-1)18-11-17-15-9-12-5-4-6-13(12)10-16(15)18/h1-3,7-11H,4-6H2. The van der Waals surface area contributed by atoms with Crippen LogP contribution in [0.3, 0.4) is 0 Å². The van der Waals surface area contributed by atoms with E-state index in [-0.39, 0.29) is 0 Å². The predicted octanol–water partition coefficient (Wildman–Crippen LogP) is 3.51. The van der Waals surface area contributed by atoms with Crippen LogP contribution in [0, 0.1) is 0 Å². The van der Waals surface area contributed by atoms with Gasteiger partial charge in [0.2, 0.25) is 0 Å². The second kappa shape index (κ2) is 3.70. The van der Waals surface area contributed by atoms with Gasteiger partial charge in [0.25, 0.3) is 0 Å². The molecule has 1 aliphatic carbocycles. The molecule has 1 aromatic heterocycles. The largest absolute Gasteiger partial charge is 0.299 e. The number of fused-ring (bicyclic) bond motifs is 2. The van der Waals surface area contributed by atoms with Crippen LogP contribution in [0.2, 0.25) is 0 Å². The quantitative estimate of drug-likeness (QED) is 0.630. The summed E-state index contributed by atoms with van der Waals surface area (Å²) in [6.45, 7) is 0. The lowest BCUT2D eigenvalue weighted by Gasteiger charge is -2.05. The van der Waals surface area contributed by atoms with E-state index >= 15 is 0 Å². The molecule has 0 saturated heterocycles. The van der Waals surface area contributed by atoms with Gasteiger partial charge >= 0.3 is 0 Å². The second-order valence-electron chi connectivity index (χ2n) is 4.91. The maximum absolute atomic E-state index is 4.54. The number of imidazole rings is 1. The molecule has 0 saturated carbocycles. The van der Waals surface area contributed by atoms with E-state index in [9.17, 15) is 0 Å². The molecule has 0 radical (unpaired) electrons. The van der Waals surface area contributed by atoms with Crippen molar-refractivity contribution in [2.45, 2.75) is 19.3 Å². The molecule has 2 heteroatoms. The first-order chi connectivity index (χ1) is 8.92. The summed E-state index contributed by atoms with van der Waals surface area (Å²) in [5, 5.41) is 0. The molecule has 0 N–H and O–H groups in total. The molecule has 0 amide bonds. The Morgan fingerprint density at radius 1 is 0.944 bits per heavy atom. The molecule has 0 atom stereocenters. The number of benzene rings is 2. The minimum Gasteiger partial charge on any atom is -0.299 e. The summed E-state index contributed by atoms with van der Waals surface area (Å²) in [6.07, 6.45) is 5.64. The Bertz CT molecular complexity index is 711. The van der Waals surface area contributed by atoms with E-state index in [0.29, 0.717) is 0 Å². The van der Waals surface area contributed by atoms with Crippen LogP contribution in [0.5, 0.6) is 0 Å². The van der Waals surface area contributed by atoms with Gasteiger partial charge < -0.3 is 0 Å². The van der Waals surface area contributed by atoms with E-state index in [2.05, 4.69) is 45.9 Å². The SMILES string of the molecule is c1ccc(-n2cnc3cc4c(cc32)CCC4)cc1.